The third-order valence-electron chi connectivity index (χ3n) is 3.19. The smallest absolute Gasteiger partial charge is 0.337 e. The van der Waals surface area contributed by atoms with Crippen LogP contribution in [0.25, 0.3) is 0 Å². The topological polar surface area (TPSA) is 96.8 Å². The molecule has 0 aliphatic rings. The van der Waals surface area contributed by atoms with Crippen molar-refractivity contribution in [3.63, 3.8) is 0 Å². The molecule has 0 saturated carbocycles. The molecular formula is C16H18N2O5S. The number of aromatic carboxylic acids is 1. The molecule has 0 bridgehead atoms. The molecule has 0 radical (unpaired) electrons. The van der Waals surface area contributed by atoms with Gasteiger partial charge in [-0.05, 0) is 26.0 Å². The normalized spacial score (nSPS) is 11.3. The van der Waals surface area contributed by atoms with Crippen molar-refractivity contribution in [2.75, 3.05) is 11.4 Å². The zero-order chi connectivity index (χ0) is 17.9. The van der Waals surface area contributed by atoms with E-state index in [-0.39, 0.29) is 22.3 Å². The van der Waals surface area contributed by atoms with Crippen LogP contribution in [-0.4, -0.2) is 37.6 Å². The Kier molecular flexibility index (Phi) is 5.08. The van der Waals surface area contributed by atoms with Crippen molar-refractivity contribution >= 4 is 21.7 Å². The number of aromatic nitrogens is 1. The molecule has 0 atom stereocenters. The van der Waals surface area contributed by atoms with Gasteiger partial charge in [0.25, 0.3) is 10.0 Å². The highest BCUT2D eigenvalue weighted by Crippen LogP contribution is 2.27. The summed E-state index contributed by atoms with van der Waals surface area (Å²) in [5.41, 5.74) is -0.0358. The van der Waals surface area contributed by atoms with Crippen LogP contribution in [0.4, 0.5) is 5.69 Å². The molecule has 1 aromatic carbocycles. The third-order valence-corrected chi connectivity index (χ3v) is 4.93. The molecule has 0 fully saturated rings. The summed E-state index contributed by atoms with van der Waals surface area (Å²) in [5.74, 6) is -0.881. The summed E-state index contributed by atoms with van der Waals surface area (Å²) in [7, 11) is -2.68. The van der Waals surface area contributed by atoms with Gasteiger partial charge in [-0.1, -0.05) is 12.1 Å². The fraction of sp³-hybridized carbons (Fsp3) is 0.250. The number of nitrogens with zero attached hydrogens (tertiary/aromatic N) is 2. The Morgan fingerprint density at radius 3 is 2.54 bits per heavy atom. The molecule has 128 valence electrons. The van der Waals surface area contributed by atoms with Crippen molar-refractivity contribution < 1.29 is 23.1 Å². The quantitative estimate of drug-likeness (QED) is 0.859. The molecule has 24 heavy (non-hydrogen) atoms. The molecule has 0 saturated heterocycles. The lowest BCUT2D eigenvalue weighted by Gasteiger charge is -2.21. The molecule has 0 spiro atoms. The molecule has 2 aromatic rings. The fourth-order valence-corrected chi connectivity index (χ4v) is 3.29. The van der Waals surface area contributed by atoms with Crippen molar-refractivity contribution in [2.45, 2.75) is 24.8 Å². The first-order valence-corrected chi connectivity index (χ1v) is 8.60. The van der Waals surface area contributed by atoms with Gasteiger partial charge in [-0.3, -0.25) is 9.29 Å². The number of carboxylic acid groups (broad SMARTS) is 1. The number of carboxylic acids is 1. The number of anilines is 1. The fourth-order valence-electron chi connectivity index (χ4n) is 2.09. The highest BCUT2D eigenvalue weighted by atomic mass is 32.2. The Hall–Kier alpha value is -2.61. The number of hydrogen-bond acceptors (Lipinski definition) is 5. The Morgan fingerprint density at radius 1 is 1.25 bits per heavy atom. The minimum absolute atomic E-state index is 0.0696. The number of benzene rings is 1. The Bertz CT molecular complexity index is 849. The monoisotopic (exact) mass is 350 g/mol. The summed E-state index contributed by atoms with van der Waals surface area (Å²) in [6, 6.07) is 7.25. The summed E-state index contributed by atoms with van der Waals surface area (Å²) in [5, 5.41) is 9.24. The van der Waals surface area contributed by atoms with Crippen LogP contribution in [0.3, 0.4) is 0 Å². The van der Waals surface area contributed by atoms with Crippen LogP contribution < -0.4 is 9.04 Å². The zero-order valence-corrected chi connectivity index (χ0v) is 14.3. The predicted octanol–water partition coefficient (Wildman–Crippen LogP) is 2.39. The van der Waals surface area contributed by atoms with Gasteiger partial charge in [-0.25, -0.2) is 13.2 Å². The van der Waals surface area contributed by atoms with Crippen LogP contribution in [0.15, 0.2) is 47.6 Å². The van der Waals surface area contributed by atoms with Gasteiger partial charge in [0.15, 0.2) is 0 Å². The Morgan fingerprint density at radius 2 is 1.92 bits per heavy atom. The lowest BCUT2D eigenvalue weighted by atomic mass is 10.2. The molecule has 0 unspecified atom stereocenters. The van der Waals surface area contributed by atoms with E-state index in [0.717, 1.165) is 4.31 Å². The maximum Gasteiger partial charge on any atom is 0.337 e. The first-order valence-electron chi connectivity index (χ1n) is 7.16. The van der Waals surface area contributed by atoms with Crippen LogP contribution >= 0.6 is 0 Å². The second kappa shape index (κ2) is 6.88. The van der Waals surface area contributed by atoms with E-state index in [1.54, 1.807) is 6.07 Å². The van der Waals surface area contributed by atoms with Crippen LogP contribution in [0.2, 0.25) is 0 Å². The predicted molar refractivity (Wildman–Crippen MR) is 89.0 cm³/mol. The summed E-state index contributed by atoms with van der Waals surface area (Å²) < 4.78 is 31.9. The summed E-state index contributed by atoms with van der Waals surface area (Å²) >= 11 is 0. The summed E-state index contributed by atoms with van der Waals surface area (Å²) in [6.45, 7) is 3.63. The minimum atomic E-state index is -3.98. The van der Waals surface area contributed by atoms with E-state index in [1.807, 2.05) is 13.8 Å². The second-order valence-corrected chi connectivity index (χ2v) is 7.29. The van der Waals surface area contributed by atoms with Gasteiger partial charge < -0.3 is 9.84 Å². The number of hydrogen-bond donors (Lipinski definition) is 1. The SMILES string of the molecule is CC(C)Oc1cncc(S(=O)(=O)N(C)c2ccccc2C(=O)O)c1. The van der Waals surface area contributed by atoms with Crippen molar-refractivity contribution in [1.29, 1.82) is 0 Å². The van der Waals surface area contributed by atoms with E-state index in [4.69, 9.17) is 4.74 Å². The lowest BCUT2D eigenvalue weighted by molar-refractivity contribution is 0.0698. The Balaban J connectivity index is 2.46. The second-order valence-electron chi connectivity index (χ2n) is 5.32. The van der Waals surface area contributed by atoms with E-state index in [9.17, 15) is 18.3 Å². The van der Waals surface area contributed by atoms with Crippen molar-refractivity contribution in [3.8, 4) is 5.75 Å². The van der Waals surface area contributed by atoms with E-state index < -0.39 is 16.0 Å². The molecule has 1 heterocycles. The lowest BCUT2D eigenvalue weighted by Crippen LogP contribution is -2.28. The van der Waals surface area contributed by atoms with Gasteiger partial charge >= 0.3 is 5.97 Å². The van der Waals surface area contributed by atoms with E-state index in [0.29, 0.717) is 5.75 Å². The van der Waals surface area contributed by atoms with Crippen molar-refractivity contribution in [2.24, 2.45) is 0 Å². The molecule has 0 amide bonds. The maximum atomic E-state index is 12.8. The number of ether oxygens (including phenoxy) is 1. The Labute approximate surface area is 140 Å². The number of sulfonamides is 1. The van der Waals surface area contributed by atoms with Crippen LogP contribution in [0.1, 0.15) is 24.2 Å². The molecule has 8 heteroatoms. The molecule has 0 aliphatic heterocycles. The van der Waals surface area contributed by atoms with E-state index >= 15 is 0 Å². The highest BCUT2D eigenvalue weighted by molar-refractivity contribution is 7.92. The summed E-state index contributed by atoms with van der Waals surface area (Å²) in [6.07, 6.45) is 2.49. The van der Waals surface area contributed by atoms with Gasteiger partial charge in [0.05, 0.1) is 23.6 Å². The largest absolute Gasteiger partial charge is 0.489 e. The van der Waals surface area contributed by atoms with Gasteiger partial charge in [-0.15, -0.1) is 0 Å². The highest BCUT2D eigenvalue weighted by Gasteiger charge is 2.25. The van der Waals surface area contributed by atoms with Crippen LogP contribution in [0.5, 0.6) is 5.75 Å². The van der Waals surface area contributed by atoms with Crippen molar-refractivity contribution in [1.82, 2.24) is 4.98 Å². The van der Waals surface area contributed by atoms with E-state index in [1.165, 1.54) is 43.7 Å². The number of rotatable bonds is 6. The molecule has 1 N–H and O–H groups in total. The third kappa shape index (κ3) is 3.65. The zero-order valence-electron chi connectivity index (χ0n) is 13.5. The molecule has 0 aliphatic carbocycles. The first kappa shape index (κ1) is 17.7. The van der Waals surface area contributed by atoms with Crippen LogP contribution in [0, 0.1) is 0 Å². The molecular weight excluding hydrogens is 332 g/mol. The molecule has 2 rings (SSSR count). The first-order chi connectivity index (χ1) is 11.2. The van der Waals surface area contributed by atoms with Gasteiger partial charge in [0.1, 0.15) is 10.6 Å². The van der Waals surface area contributed by atoms with Gasteiger partial charge in [-0.2, -0.15) is 0 Å². The maximum absolute atomic E-state index is 12.8. The van der Waals surface area contributed by atoms with Crippen LogP contribution in [-0.2, 0) is 10.0 Å². The average molecular weight is 350 g/mol. The van der Waals surface area contributed by atoms with Crippen molar-refractivity contribution in [3.05, 3.63) is 48.3 Å². The number of pyridine rings is 1. The molecule has 7 nitrogen and oxygen atoms in total. The van der Waals surface area contributed by atoms with Gasteiger partial charge in [0.2, 0.25) is 0 Å². The number of para-hydroxylation sites is 1. The average Bonchev–Trinajstić information content (AvgIpc) is 2.53. The number of carbonyl (C=O) groups is 1. The van der Waals surface area contributed by atoms with E-state index in [2.05, 4.69) is 4.98 Å². The molecule has 1 aromatic heterocycles. The minimum Gasteiger partial charge on any atom is -0.489 e. The van der Waals surface area contributed by atoms with Gasteiger partial charge in [0, 0.05) is 19.3 Å². The standard InChI is InChI=1S/C16H18N2O5S/c1-11(2)23-12-8-13(10-17-9-12)24(21,22)18(3)15-7-5-4-6-14(15)16(19)20/h4-11H,1-3H3,(H,19,20). The summed E-state index contributed by atoms with van der Waals surface area (Å²) in [4.78, 5) is 15.1.